The summed E-state index contributed by atoms with van der Waals surface area (Å²) in [6, 6.07) is 0. The molecule has 0 radical (unpaired) electrons. The number of nitrogen functional groups attached to an aromatic ring is 1. The van der Waals surface area contributed by atoms with Crippen LogP contribution in [0.25, 0.3) is 11.0 Å². The van der Waals surface area contributed by atoms with Crippen molar-refractivity contribution < 1.29 is 28.7 Å². The maximum Gasteiger partial charge on any atom is 0.470 e. The molecule has 6 N–H and O–H groups in total. The van der Waals surface area contributed by atoms with Crippen molar-refractivity contribution in [2.45, 2.75) is 18.4 Å². The molecule has 0 unspecified atom stereocenters. The summed E-state index contributed by atoms with van der Waals surface area (Å²) in [7, 11) is -4.77. The molecule has 1 fully saturated rings. The first kappa shape index (κ1) is 16.8. The van der Waals surface area contributed by atoms with E-state index in [1.807, 2.05) is 22.6 Å². The van der Waals surface area contributed by atoms with E-state index in [-0.39, 0.29) is 23.6 Å². The number of hydrogen-bond donors (Lipinski definition) is 5. The Bertz CT molecular complexity index is 861. The summed E-state index contributed by atoms with van der Waals surface area (Å²) >= 11 is 1.92. The van der Waals surface area contributed by atoms with Crippen molar-refractivity contribution in [3.05, 3.63) is 20.1 Å². The summed E-state index contributed by atoms with van der Waals surface area (Å²) in [5.74, 6) is -0.103. The molecule has 0 amide bonds. The minimum absolute atomic E-state index is 0.103. The Labute approximate surface area is 141 Å². The van der Waals surface area contributed by atoms with Gasteiger partial charge in [0.15, 0.2) is 11.9 Å². The maximum atomic E-state index is 12.0. The van der Waals surface area contributed by atoms with E-state index < -0.39 is 31.8 Å². The Morgan fingerprint density at radius 3 is 2.91 bits per heavy atom. The van der Waals surface area contributed by atoms with Crippen LogP contribution in [0.1, 0.15) is 6.23 Å². The molecule has 1 aliphatic rings. The topological polar surface area (TPSA) is 173 Å². The first-order valence-corrected chi connectivity index (χ1v) is 8.88. The minimum atomic E-state index is -4.77. The number of nitrogens with zero attached hydrogens (tertiary/aromatic N) is 2. The minimum Gasteiger partial charge on any atom is -0.386 e. The van der Waals surface area contributed by atoms with Crippen molar-refractivity contribution in [3.63, 3.8) is 0 Å². The van der Waals surface area contributed by atoms with Crippen molar-refractivity contribution in [2.24, 2.45) is 0 Å². The third-order valence-corrected chi connectivity index (χ3v) is 4.67. The predicted molar refractivity (Wildman–Crippen MR) is 85.4 cm³/mol. The van der Waals surface area contributed by atoms with Gasteiger partial charge in [0.1, 0.15) is 12.2 Å². The number of nitrogens with two attached hydrogens (primary N) is 1. The lowest BCUT2D eigenvalue weighted by Gasteiger charge is -2.19. The standard InChI is InChI=1S/C10H12IN4O7P/c11-3-1-15(7-5(3)8(17)14-10(12)13-7)9-6(16)4(2-21-9)22-23(18,19)20/h1,4,6,9,16H,2H2,(H2,18,19,20)(H3,12,13,14,17)/t4-,6+,9+/m0/s1. The fourth-order valence-corrected chi connectivity index (χ4v) is 3.73. The lowest BCUT2D eigenvalue weighted by atomic mass is 10.2. The van der Waals surface area contributed by atoms with Crippen LogP contribution in [0.15, 0.2) is 11.0 Å². The molecule has 13 heteroatoms. The van der Waals surface area contributed by atoms with Gasteiger partial charge in [-0.2, -0.15) is 4.98 Å². The number of ether oxygens (including phenoxy) is 1. The van der Waals surface area contributed by atoms with Crippen LogP contribution in [0, 0.1) is 3.57 Å². The summed E-state index contributed by atoms with van der Waals surface area (Å²) in [4.78, 5) is 36.0. The first-order chi connectivity index (χ1) is 10.7. The predicted octanol–water partition coefficient (Wildman–Crippen LogP) is -0.721. The number of H-pyrrole nitrogens is 1. The largest absolute Gasteiger partial charge is 0.470 e. The number of phosphoric acid groups is 1. The van der Waals surface area contributed by atoms with Crippen LogP contribution in [-0.4, -0.2) is 48.2 Å². The number of halogens is 1. The van der Waals surface area contributed by atoms with E-state index in [0.29, 0.717) is 3.57 Å². The molecule has 0 saturated carbocycles. The van der Waals surface area contributed by atoms with E-state index >= 15 is 0 Å². The molecule has 0 aromatic carbocycles. The molecular formula is C10H12IN4O7P. The van der Waals surface area contributed by atoms with Gasteiger partial charge >= 0.3 is 7.82 Å². The molecule has 3 rings (SSSR count). The second-order valence-electron chi connectivity index (χ2n) is 4.88. The zero-order valence-corrected chi connectivity index (χ0v) is 14.3. The van der Waals surface area contributed by atoms with Crippen molar-refractivity contribution in [2.75, 3.05) is 12.3 Å². The van der Waals surface area contributed by atoms with Crippen LogP contribution in [0.5, 0.6) is 0 Å². The molecule has 0 aliphatic carbocycles. The molecular weight excluding hydrogens is 446 g/mol. The molecule has 1 saturated heterocycles. The number of aliphatic hydroxyl groups is 1. The SMILES string of the molecule is Nc1nc2c(c(I)cn2[C@@H]2OC[C@H](OP(=O)(O)O)[C@H]2O)c(=O)[nH]1. The van der Waals surface area contributed by atoms with Crippen LogP contribution in [0.3, 0.4) is 0 Å². The first-order valence-electron chi connectivity index (χ1n) is 6.27. The molecule has 2 aromatic rings. The highest BCUT2D eigenvalue weighted by atomic mass is 127. The highest BCUT2D eigenvalue weighted by Crippen LogP contribution is 2.42. The molecule has 1 aliphatic heterocycles. The van der Waals surface area contributed by atoms with Gasteiger partial charge in [0.25, 0.3) is 5.56 Å². The zero-order valence-electron chi connectivity index (χ0n) is 11.3. The lowest BCUT2D eigenvalue weighted by Crippen LogP contribution is -2.30. The molecule has 11 nitrogen and oxygen atoms in total. The smallest absolute Gasteiger partial charge is 0.386 e. The van der Waals surface area contributed by atoms with Crippen molar-refractivity contribution in [1.82, 2.24) is 14.5 Å². The summed E-state index contributed by atoms with van der Waals surface area (Å²) in [5.41, 5.74) is 5.29. The summed E-state index contributed by atoms with van der Waals surface area (Å²) in [6.45, 7) is -0.230. The number of nitrogens with one attached hydrogen (secondary N) is 1. The lowest BCUT2D eigenvalue weighted by molar-refractivity contribution is -0.0159. The fraction of sp³-hybridized carbons (Fsp3) is 0.400. The number of phosphoric ester groups is 1. The van der Waals surface area contributed by atoms with Gasteiger partial charge in [0, 0.05) is 9.77 Å². The number of aromatic amines is 1. The van der Waals surface area contributed by atoms with Crippen molar-refractivity contribution >= 4 is 47.4 Å². The quantitative estimate of drug-likeness (QED) is 0.294. The van der Waals surface area contributed by atoms with Gasteiger partial charge < -0.3 is 29.9 Å². The third-order valence-electron chi connectivity index (χ3n) is 3.31. The average molecular weight is 458 g/mol. The molecule has 2 aromatic heterocycles. The van der Waals surface area contributed by atoms with Gasteiger partial charge in [-0.1, -0.05) is 0 Å². The molecule has 126 valence electrons. The molecule has 0 spiro atoms. The van der Waals surface area contributed by atoms with Crippen LogP contribution in [0.4, 0.5) is 5.95 Å². The Kier molecular flexibility index (Phi) is 4.25. The Morgan fingerprint density at radius 2 is 2.26 bits per heavy atom. The molecule has 3 atom stereocenters. The normalized spacial score (nSPS) is 25.3. The average Bonchev–Trinajstić information content (AvgIpc) is 2.90. The van der Waals surface area contributed by atoms with Gasteiger partial charge in [-0.3, -0.25) is 14.3 Å². The van der Waals surface area contributed by atoms with Crippen LogP contribution >= 0.6 is 30.4 Å². The van der Waals surface area contributed by atoms with Crippen molar-refractivity contribution in [1.29, 1.82) is 0 Å². The number of fused-ring (bicyclic) bond motifs is 1. The summed E-state index contributed by atoms with van der Waals surface area (Å²) in [6.07, 6.45) is -2.07. The highest BCUT2D eigenvalue weighted by Gasteiger charge is 2.42. The fourth-order valence-electron chi connectivity index (χ4n) is 2.41. The van der Waals surface area contributed by atoms with Gasteiger partial charge in [0.2, 0.25) is 5.95 Å². The van der Waals surface area contributed by atoms with Crippen molar-refractivity contribution in [3.8, 4) is 0 Å². The monoisotopic (exact) mass is 458 g/mol. The number of rotatable bonds is 3. The Balaban J connectivity index is 2.02. The van der Waals surface area contributed by atoms with E-state index in [1.165, 1.54) is 10.8 Å². The van der Waals surface area contributed by atoms with Crippen LogP contribution < -0.4 is 11.3 Å². The van der Waals surface area contributed by atoms with E-state index in [2.05, 4.69) is 14.5 Å². The van der Waals surface area contributed by atoms with Gasteiger partial charge in [0.05, 0.1) is 12.0 Å². The van der Waals surface area contributed by atoms with Crippen LogP contribution in [-0.2, 0) is 13.8 Å². The summed E-state index contributed by atoms with van der Waals surface area (Å²) < 4.78 is 22.7. The van der Waals surface area contributed by atoms with Gasteiger partial charge in [-0.15, -0.1) is 0 Å². The number of aliphatic hydroxyl groups excluding tert-OH is 1. The van der Waals surface area contributed by atoms with Crippen LogP contribution in [0.2, 0.25) is 0 Å². The van der Waals surface area contributed by atoms with E-state index in [1.54, 1.807) is 0 Å². The maximum absolute atomic E-state index is 12.0. The molecule has 3 heterocycles. The highest BCUT2D eigenvalue weighted by molar-refractivity contribution is 14.1. The molecule has 23 heavy (non-hydrogen) atoms. The third kappa shape index (κ3) is 3.15. The summed E-state index contributed by atoms with van der Waals surface area (Å²) in [5, 5.41) is 10.5. The number of hydrogen-bond acceptors (Lipinski definition) is 7. The Hall–Kier alpha value is -1.02. The molecule has 0 bridgehead atoms. The Morgan fingerprint density at radius 1 is 1.57 bits per heavy atom. The number of anilines is 1. The number of aromatic nitrogens is 3. The van der Waals surface area contributed by atoms with E-state index in [4.69, 9.17) is 20.3 Å². The van der Waals surface area contributed by atoms with E-state index in [9.17, 15) is 14.5 Å². The second-order valence-corrected chi connectivity index (χ2v) is 7.24. The zero-order chi connectivity index (χ0) is 16.9. The van der Waals surface area contributed by atoms with E-state index in [0.717, 1.165) is 0 Å². The second kappa shape index (κ2) is 5.81. The van der Waals surface area contributed by atoms with Gasteiger partial charge in [-0.05, 0) is 22.6 Å². The van der Waals surface area contributed by atoms with Gasteiger partial charge in [-0.25, -0.2) is 4.57 Å².